The quantitative estimate of drug-likeness (QED) is 0.880. The third kappa shape index (κ3) is 3.24. The Morgan fingerprint density at radius 2 is 1.96 bits per heavy atom. The van der Waals surface area contributed by atoms with Crippen LogP contribution < -0.4 is 10.3 Å². The summed E-state index contributed by atoms with van der Waals surface area (Å²) >= 11 is 0. The van der Waals surface area contributed by atoms with Gasteiger partial charge >= 0.3 is 0 Å². The van der Waals surface area contributed by atoms with E-state index in [4.69, 9.17) is 4.74 Å². The number of aromatic nitrogens is 1. The predicted octanol–water partition coefficient (Wildman–Crippen LogP) is 2.20. The number of nitrogens with zero attached hydrogens (tertiary/aromatic N) is 1. The number of carbonyl (C=O) groups is 1. The predicted molar refractivity (Wildman–Crippen MR) is 98.4 cm³/mol. The standard InChI is InChI=1S/C20H24N2O4/c1-13-16(10-11-18(23)21-13)19(24)22-12-4-5-17(22)20(2,25)14-6-8-15(26-3)9-7-14/h6-11,17,25H,4-5,12H2,1-3H3,(H,21,23)/t17-,20+/m1/s1. The molecular weight excluding hydrogens is 332 g/mol. The summed E-state index contributed by atoms with van der Waals surface area (Å²) in [6.07, 6.45) is 1.54. The fourth-order valence-corrected chi connectivity index (χ4v) is 3.68. The molecule has 0 saturated carbocycles. The minimum absolute atomic E-state index is 0.171. The topological polar surface area (TPSA) is 82.6 Å². The van der Waals surface area contributed by atoms with Gasteiger partial charge in [-0.25, -0.2) is 0 Å². The molecule has 1 amide bonds. The summed E-state index contributed by atoms with van der Waals surface area (Å²) in [4.78, 5) is 28.8. The Morgan fingerprint density at radius 3 is 2.58 bits per heavy atom. The number of hydrogen-bond donors (Lipinski definition) is 2. The molecule has 1 fully saturated rings. The van der Waals surface area contributed by atoms with Crippen LogP contribution in [0.5, 0.6) is 5.75 Å². The van der Waals surface area contributed by atoms with Gasteiger partial charge in [0.25, 0.3) is 5.91 Å². The molecule has 2 N–H and O–H groups in total. The van der Waals surface area contributed by atoms with Crippen LogP contribution in [-0.2, 0) is 5.60 Å². The fraction of sp³-hybridized carbons (Fsp3) is 0.400. The minimum atomic E-state index is -1.19. The molecule has 0 spiro atoms. The van der Waals surface area contributed by atoms with E-state index in [9.17, 15) is 14.7 Å². The Morgan fingerprint density at radius 1 is 1.27 bits per heavy atom. The second kappa shape index (κ2) is 6.96. The molecular formula is C20H24N2O4. The average molecular weight is 356 g/mol. The van der Waals surface area contributed by atoms with Crippen LogP contribution in [0, 0.1) is 6.92 Å². The highest BCUT2D eigenvalue weighted by Gasteiger charge is 2.43. The number of nitrogens with one attached hydrogen (secondary N) is 1. The highest BCUT2D eigenvalue weighted by molar-refractivity contribution is 5.95. The largest absolute Gasteiger partial charge is 0.497 e. The molecule has 2 aromatic rings. The smallest absolute Gasteiger partial charge is 0.255 e. The molecule has 6 nitrogen and oxygen atoms in total. The maximum atomic E-state index is 13.0. The number of hydrogen-bond acceptors (Lipinski definition) is 4. The highest BCUT2D eigenvalue weighted by Crippen LogP contribution is 2.36. The van der Waals surface area contributed by atoms with Crippen LogP contribution in [0.15, 0.2) is 41.2 Å². The SMILES string of the molecule is COc1ccc([C@](C)(O)[C@H]2CCCN2C(=O)c2ccc(=O)[nH]c2C)cc1. The third-order valence-electron chi connectivity index (χ3n) is 5.18. The minimum Gasteiger partial charge on any atom is -0.497 e. The second-order valence-electron chi connectivity index (χ2n) is 6.89. The molecule has 0 radical (unpaired) electrons. The molecule has 1 saturated heterocycles. The molecule has 6 heteroatoms. The Hall–Kier alpha value is -2.60. The van der Waals surface area contributed by atoms with E-state index in [0.717, 1.165) is 12.0 Å². The molecule has 0 aliphatic carbocycles. The van der Waals surface area contributed by atoms with E-state index in [2.05, 4.69) is 4.98 Å². The van der Waals surface area contributed by atoms with Crippen molar-refractivity contribution >= 4 is 5.91 Å². The van der Waals surface area contributed by atoms with E-state index >= 15 is 0 Å². The van der Waals surface area contributed by atoms with E-state index in [1.165, 1.54) is 6.07 Å². The molecule has 1 aliphatic rings. The van der Waals surface area contributed by atoms with Crippen LogP contribution in [0.1, 0.15) is 41.4 Å². The van der Waals surface area contributed by atoms with Gasteiger partial charge in [0.05, 0.1) is 18.7 Å². The van der Waals surface area contributed by atoms with E-state index in [-0.39, 0.29) is 17.5 Å². The number of carbonyl (C=O) groups excluding carboxylic acids is 1. The molecule has 2 heterocycles. The molecule has 3 rings (SSSR count). The maximum Gasteiger partial charge on any atom is 0.255 e. The number of likely N-dealkylation sites (tertiary alicyclic amines) is 1. The van der Waals surface area contributed by atoms with Crippen LogP contribution >= 0.6 is 0 Å². The Kier molecular flexibility index (Phi) is 4.87. The molecule has 2 atom stereocenters. The third-order valence-corrected chi connectivity index (χ3v) is 5.18. The van der Waals surface area contributed by atoms with Gasteiger partial charge in [-0.15, -0.1) is 0 Å². The van der Waals surface area contributed by atoms with Gasteiger partial charge in [-0.3, -0.25) is 9.59 Å². The first-order chi connectivity index (χ1) is 12.3. The average Bonchev–Trinajstić information content (AvgIpc) is 3.12. The van der Waals surface area contributed by atoms with Crippen molar-refractivity contribution in [3.05, 3.63) is 63.6 Å². The van der Waals surface area contributed by atoms with E-state index in [1.807, 2.05) is 12.1 Å². The van der Waals surface area contributed by atoms with Crippen LogP contribution in [0.25, 0.3) is 0 Å². The number of aryl methyl sites for hydroxylation is 1. The van der Waals surface area contributed by atoms with Crippen molar-refractivity contribution in [2.45, 2.75) is 38.3 Å². The Balaban J connectivity index is 1.90. The zero-order chi connectivity index (χ0) is 18.9. The zero-order valence-electron chi connectivity index (χ0n) is 15.3. The summed E-state index contributed by atoms with van der Waals surface area (Å²) in [6.45, 7) is 4.03. The van der Waals surface area contributed by atoms with Crippen LogP contribution in [0.3, 0.4) is 0 Å². The number of rotatable bonds is 4. The van der Waals surface area contributed by atoms with Gasteiger partial charge in [0.15, 0.2) is 0 Å². The lowest BCUT2D eigenvalue weighted by molar-refractivity contribution is -0.0177. The first-order valence-electron chi connectivity index (χ1n) is 8.72. The van der Waals surface area contributed by atoms with Crippen molar-refractivity contribution in [2.24, 2.45) is 0 Å². The first-order valence-corrected chi connectivity index (χ1v) is 8.72. The fourth-order valence-electron chi connectivity index (χ4n) is 3.68. The van der Waals surface area contributed by atoms with Gasteiger partial charge in [0, 0.05) is 18.3 Å². The second-order valence-corrected chi connectivity index (χ2v) is 6.89. The molecule has 0 bridgehead atoms. The van der Waals surface area contributed by atoms with Crippen molar-refractivity contribution in [3.8, 4) is 5.75 Å². The monoisotopic (exact) mass is 356 g/mol. The van der Waals surface area contributed by atoms with Crippen LogP contribution in [0.4, 0.5) is 0 Å². The summed E-state index contributed by atoms with van der Waals surface area (Å²) in [5.74, 6) is 0.544. The van der Waals surface area contributed by atoms with Gasteiger partial charge in [-0.1, -0.05) is 12.1 Å². The van der Waals surface area contributed by atoms with Gasteiger partial charge < -0.3 is 19.7 Å². The molecule has 138 valence electrons. The summed E-state index contributed by atoms with van der Waals surface area (Å²) in [7, 11) is 1.59. The van der Waals surface area contributed by atoms with Gasteiger partial charge in [0.1, 0.15) is 11.4 Å². The maximum absolute atomic E-state index is 13.0. The highest BCUT2D eigenvalue weighted by atomic mass is 16.5. The number of ether oxygens (including phenoxy) is 1. The van der Waals surface area contributed by atoms with E-state index in [1.54, 1.807) is 44.1 Å². The molecule has 0 unspecified atom stereocenters. The van der Waals surface area contributed by atoms with Crippen molar-refractivity contribution in [1.82, 2.24) is 9.88 Å². The summed E-state index contributed by atoms with van der Waals surface area (Å²) in [5, 5.41) is 11.2. The number of H-pyrrole nitrogens is 1. The van der Waals surface area contributed by atoms with Crippen LogP contribution in [0.2, 0.25) is 0 Å². The lowest BCUT2D eigenvalue weighted by atomic mass is 9.86. The summed E-state index contributed by atoms with van der Waals surface area (Å²) in [5.41, 5.74) is 0.317. The number of pyridine rings is 1. The normalized spacial score (nSPS) is 19.2. The lowest BCUT2D eigenvalue weighted by Gasteiger charge is -2.37. The number of amides is 1. The lowest BCUT2D eigenvalue weighted by Crippen LogP contribution is -2.48. The molecule has 1 aliphatic heterocycles. The Labute approximate surface area is 152 Å². The van der Waals surface area contributed by atoms with E-state index in [0.29, 0.717) is 30.0 Å². The molecule has 26 heavy (non-hydrogen) atoms. The van der Waals surface area contributed by atoms with E-state index < -0.39 is 5.60 Å². The molecule has 1 aromatic carbocycles. The van der Waals surface area contributed by atoms with Gasteiger partial charge in [0.2, 0.25) is 5.56 Å². The number of aliphatic hydroxyl groups is 1. The van der Waals surface area contributed by atoms with Crippen molar-refractivity contribution in [1.29, 1.82) is 0 Å². The number of aromatic amines is 1. The van der Waals surface area contributed by atoms with Crippen molar-refractivity contribution in [3.63, 3.8) is 0 Å². The number of methoxy groups -OCH3 is 1. The van der Waals surface area contributed by atoms with Gasteiger partial charge in [-0.2, -0.15) is 0 Å². The zero-order valence-corrected chi connectivity index (χ0v) is 15.3. The van der Waals surface area contributed by atoms with Gasteiger partial charge in [-0.05, 0) is 50.5 Å². The summed E-state index contributed by atoms with van der Waals surface area (Å²) < 4.78 is 5.17. The number of benzene rings is 1. The molecule has 1 aromatic heterocycles. The summed E-state index contributed by atoms with van der Waals surface area (Å²) in [6, 6.07) is 9.82. The van der Waals surface area contributed by atoms with Crippen molar-refractivity contribution in [2.75, 3.05) is 13.7 Å². The Bertz CT molecular complexity index is 855. The van der Waals surface area contributed by atoms with Crippen LogP contribution in [-0.4, -0.2) is 40.6 Å². The first kappa shape index (κ1) is 18.2. The van der Waals surface area contributed by atoms with Crippen molar-refractivity contribution < 1.29 is 14.6 Å².